The summed E-state index contributed by atoms with van der Waals surface area (Å²) in [5, 5.41) is 10.0. The zero-order valence-electron chi connectivity index (χ0n) is 19.6. The lowest BCUT2D eigenvalue weighted by Gasteiger charge is -2.23. The van der Waals surface area contributed by atoms with Gasteiger partial charge in [0.1, 0.15) is 0 Å². The highest BCUT2D eigenvalue weighted by atomic mass is 16.7. The van der Waals surface area contributed by atoms with E-state index in [1.54, 1.807) is 0 Å². The van der Waals surface area contributed by atoms with Crippen LogP contribution in [-0.4, -0.2) is 67.3 Å². The number of nitrogens with two attached hydrogens (primary N) is 1. The highest BCUT2D eigenvalue weighted by Crippen LogP contribution is 2.32. The predicted octanol–water partition coefficient (Wildman–Crippen LogP) is 2.36. The van der Waals surface area contributed by atoms with Crippen molar-refractivity contribution in [3.63, 3.8) is 0 Å². The lowest BCUT2D eigenvalue weighted by Crippen LogP contribution is -2.24. The standard InChI is InChI=1S/C23H35N7O4/c24-8-10-31-12-13-32-11-9-25-21-28-22(30-23(29-21)27-18-4-2-1-3-5-18)26-15-17-6-7-19-20(14-17)34-16-33-19/h6-7,14,18H,1-5,8-13,15-16,24H2,(H3,25,26,27,28,29,30). The molecule has 0 saturated heterocycles. The minimum atomic E-state index is 0.259. The summed E-state index contributed by atoms with van der Waals surface area (Å²) in [5.41, 5.74) is 6.45. The third-order valence-electron chi connectivity index (χ3n) is 5.63. The summed E-state index contributed by atoms with van der Waals surface area (Å²) in [5.74, 6) is 3.11. The van der Waals surface area contributed by atoms with E-state index in [2.05, 4.69) is 30.9 Å². The van der Waals surface area contributed by atoms with Gasteiger partial charge in [-0.1, -0.05) is 25.3 Å². The van der Waals surface area contributed by atoms with E-state index < -0.39 is 0 Å². The van der Waals surface area contributed by atoms with E-state index in [9.17, 15) is 0 Å². The summed E-state index contributed by atoms with van der Waals surface area (Å²) in [6.45, 7) is 4.02. The van der Waals surface area contributed by atoms with E-state index in [1.165, 1.54) is 19.3 Å². The van der Waals surface area contributed by atoms with Gasteiger partial charge in [-0.25, -0.2) is 0 Å². The average molecular weight is 474 g/mol. The maximum absolute atomic E-state index is 5.57. The van der Waals surface area contributed by atoms with Crippen LogP contribution in [0.15, 0.2) is 18.2 Å². The Kier molecular flexibility index (Phi) is 9.35. The van der Waals surface area contributed by atoms with Crippen LogP contribution in [0.1, 0.15) is 37.7 Å². The second-order valence-corrected chi connectivity index (χ2v) is 8.27. The number of ether oxygens (including phenoxy) is 4. The van der Waals surface area contributed by atoms with E-state index in [0.29, 0.717) is 69.9 Å². The fourth-order valence-electron chi connectivity index (χ4n) is 3.90. The molecule has 2 heterocycles. The molecule has 0 atom stereocenters. The van der Waals surface area contributed by atoms with Crippen molar-refractivity contribution in [3.05, 3.63) is 23.8 Å². The number of benzene rings is 1. The first-order valence-electron chi connectivity index (χ1n) is 12.0. The lowest BCUT2D eigenvalue weighted by molar-refractivity contribution is 0.0547. The summed E-state index contributed by atoms with van der Waals surface area (Å²) in [6.07, 6.45) is 6.02. The molecule has 1 fully saturated rings. The van der Waals surface area contributed by atoms with Crippen LogP contribution in [0.25, 0.3) is 0 Å². The van der Waals surface area contributed by atoms with Crippen LogP contribution < -0.4 is 31.2 Å². The number of nitrogens with one attached hydrogen (secondary N) is 3. The van der Waals surface area contributed by atoms with Crippen LogP contribution in [-0.2, 0) is 16.0 Å². The minimum absolute atomic E-state index is 0.259. The molecule has 2 aliphatic rings. The monoisotopic (exact) mass is 473 g/mol. The first kappa shape index (κ1) is 24.2. The van der Waals surface area contributed by atoms with Gasteiger partial charge in [-0.3, -0.25) is 0 Å². The fraction of sp³-hybridized carbons (Fsp3) is 0.609. The van der Waals surface area contributed by atoms with Crippen LogP contribution in [0.5, 0.6) is 11.5 Å². The van der Waals surface area contributed by atoms with Gasteiger partial charge in [0.25, 0.3) is 0 Å². The first-order chi connectivity index (χ1) is 16.8. The highest BCUT2D eigenvalue weighted by Gasteiger charge is 2.16. The molecule has 1 aromatic heterocycles. The minimum Gasteiger partial charge on any atom is -0.454 e. The zero-order chi connectivity index (χ0) is 23.4. The van der Waals surface area contributed by atoms with Crippen LogP contribution in [0.4, 0.5) is 17.8 Å². The van der Waals surface area contributed by atoms with Gasteiger partial charge in [0.15, 0.2) is 11.5 Å². The second-order valence-electron chi connectivity index (χ2n) is 8.27. The van der Waals surface area contributed by atoms with Crippen molar-refractivity contribution >= 4 is 17.8 Å². The first-order valence-corrected chi connectivity index (χ1v) is 12.0. The van der Waals surface area contributed by atoms with Gasteiger partial charge < -0.3 is 40.6 Å². The van der Waals surface area contributed by atoms with Crippen molar-refractivity contribution in [2.24, 2.45) is 5.73 Å². The van der Waals surface area contributed by atoms with Crippen molar-refractivity contribution in [2.45, 2.75) is 44.7 Å². The number of rotatable bonds is 14. The number of fused-ring (bicyclic) bond motifs is 1. The number of hydrogen-bond acceptors (Lipinski definition) is 11. The van der Waals surface area contributed by atoms with Crippen molar-refractivity contribution in [3.8, 4) is 11.5 Å². The van der Waals surface area contributed by atoms with E-state index in [0.717, 1.165) is 29.9 Å². The molecule has 4 rings (SSSR count). The van der Waals surface area contributed by atoms with Crippen LogP contribution in [0.3, 0.4) is 0 Å². The molecular formula is C23H35N7O4. The Hall–Kier alpha value is -2.89. The Morgan fingerprint density at radius 3 is 2.41 bits per heavy atom. The van der Waals surface area contributed by atoms with Crippen molar-refractivity contribution in [1.82, 2.24) is 15.0 Å². The topological polar surface area (TPSA) is 138 Å². The highest BCUT2D eigenvalue weighted by molar-refractivity contribution is 5.46. The lowest BCUT2D eigenvalue weighted by atomic mass is 9.96. The molecule has 1 aliphatic heterocycles. The summed E-state index contributed by atoms with van der Waals surface area (Å²) < 4.78 is 21.7. The molecule has 0 radical (unpaired) electrons. The van der Waals surface area contributed by atoms with Crippen LogP contribution in [0, 0.1) is 0 Å². The average Bonchev–Trinajstić information content (AvgIpc) is 3.33. The van der Waals surface area contributed by atoms with Gasteiger partial charge in [0, 0.05) is 25.7 Å². The van der Waals surface area contributed by atoms with Crippen molar-refractivity contribution < 1.29 is 18.9 Å². The summed E-state index contributed by atoms with van der Waals surface area (Å²) in [6, 6.07) is 6.27. The van der Waals surface area contributed by atoms with E-state index in [4.69, 9.17) is 24.7 Å². The maximum Gasteiger partial charge on any atom is 0.231 e. The Labute approximate surface area is 200 Å². The second kappa shape index (κ2) is 13.1. The maximum atomic E-state index is 5.57. The van der Waals surface area contributed by atoms with Crippen LogP contribution >= 0.6 is 0 Å². The number of aromatic nitrogens is 3. The smallest absolute Gasteiger partial charge is 0.231 e. The Balaban J connectivity index is 1.33. The third-order valence-corrected chi connectivity index (χ3v) is 5.63. The summed E-state index contributed by atoms with van der Waals surface area (Å²) in [7, 11) is 0. The zero-order valence-corrected chi connectivity index (χ0v) is 19.6. The Bertz CT molecular complexity index is 896. The largest absolute Gasteiger partial charge is 0.454 e. The molecule has 11 heteroatoms. The predicted molar refractivity (Wildman–Crippen MR) is 129 cm³/mol. The molecule has 5 N–H and O–H groups in total. The van der Waals surface area contributed by atoms with E-state index in [-0.39, 0.29) is 6.79 Å². The van der Waals surface area contributed by atoms with Gasteiger partial charge in [0.05, 0.1) is 26.4 Å². The van der Waals surface area contributed by atoms with Gasteiger partial charge in [-0.15, -0.1) is 0 Å². The molecule has 11 nitrogen and oxygen atoms in total. The Morgan fingerprint density at radius 2 is 1.59 bits per heavy atom. The fourth-order valence-corrected chi connectivity index (χ4v) is 3.90. The normalized spacial score (nSPS) is 15.3. The molecule has 186 valence electrons. The molecular weight excluding hydrogens is 438 g/mol. The molecule has 34 heavy (non-hydrogen) atoms. The third kappa shape index (κ3) is 7.57. The molecule has 0 amide bonds. The summed E-state index contributed by atoms with van der Waals surface area (Å²) in [4.78, 5) is 13.7. The Morgan fingerprint density at radius 1 is 0.853 bits per heavy atom. The van der Waals surface area contributed by atoms with Crippen LogP contribution in [0.2, 0.25) is 0 Å². The molecule has 0 unspecified atom stereocenters. The SMILES string of the molecule is NCCOCCOCCNc1nc(NCc2ccc3c(c2)OCO3)nc(NC2CCCCC2)n1. The molecule has 0 spiro atoms. The van der Waals surface area contributed by atoms with Crippen molar-refractivity contribution in [1.29, 1.82) is 0 Å². The molecule has 1 aromatic carbocycles. The quantitative estimate of drug-likeness (QED) is 0.301. The van der Waals surface area contributed by atoms with Gasteiger partial charge >= 0.3 is 0 Å². The molecule has 1 saturated carbocycles. The summed E-state index contributed by atoms with van der Waals surface area (Å²) >= 11 is 0. The number of anilines is 3. The molecule has 1 aliphatic carbocycles. The van der Waals surface area contributed by atoms with Gasteiger partial charge in [0.2, 0.25) is 24.6 Å². The molecule has 0 bridgehead atoms. The van der Waals surface area contributed by atoms with E-state index in [1.807, 2.05) is 18.2 Å². The van der Waals surface area contributed by atoms with E-state index >= 15 is 0 Å². The number of hydrogen-bond donors (Lipinski definition) is 4. The van der Waals surface area contributed by atoms with Crippen molar-refractivity contribution in [2.75, 3.05) is 62.3 Å². The van der Waals surface area contributed by atoms with Gasteiger partial charge in [-0.2, -0.15) is 15.0 Å². The number of nitrogens with zero attached hydrogens (tertiary/aromatic N) is 3. The molecule has 2 aromatic rings. The van der Waals surface area contributed by atoms with Gasteiger partial charge in [-0.05, 0) is 30.5 Å².